The monoisotopic (exact) mass is 445 g/mol. The Morgan fingerprint density at radius 1 is 1.00 bits per heavy atom. The van der Waals surface area contributed by atoms with Crippen molar-refractivity contribution in [2.24, 2.45) is 0 Å². The summed E-state index contributed by atoms with van der Waals surface area (Å²) in [6.07, 6.45) is 4.47. The number of aryl methyl sites for hydroxylation is 1. The molecular weight excluding hydrogens is 424 g/mol. The van der Waals surface area contributed by atoms with Gasteiger partial charge in [-0.25, -0.2) is 0 Å². The first-order chi connectivity index (χ1) is 14.6. The van der Waals surface area contributed by atoms with Crippen molar-refractivity contribution < 1.29 is 8.78 Å². The van der Waals surface area contributed by atoms with Gasteiger partial charge in [0.25, 0.3) is 5.76 Å². The molecule has 1 aromatic heterocycles. The Morgan fingerprint density at radius 3 is 2.60 bits per heavy atom. The first-order valence-corrected chi connectivity index (χ1v) is 11.0. The summed E-state index contributed by atoms with van der Waals surface area (Å²) in [6.45, 7) is 0.940. The lowest BCUT2D eigenvalue weighted by Gasteiger charge is -2.12. The van der Waals surface area contributed by atoms with E-state index >= 15 is 0 Å². The molecule has 0 saturated heterocycles. The minimum atomic E-state index is -2.43. The lowest BCUT2D eigenvalue weighted by Crippen LogP contribution is -2.19. The molecule has 0 amide bonds. The van der Waals surface area contributed by atoms with E-state index in [1.54, 1.807) is 24.3 Å². The molecular formula is C21H21F2N5S2. The largest absolute Gasteiger partial charge is 0.332 e. The second kappa shape index (κ2) is 9.53. The van der Waals surface area contributed by atoms with Gasteiger partial charge < -0.3 is 15.2 Å². The number of hydrogen-bond donors (Lipinski definition) is 2. The molecule has 1 aliphatic heterocycles. The van der Waals surface area contributed by atoms with Gasteiger partial charge in [-0.2, -0.15) is 8.78 Å². The highest BCUT2D eigenvalue weighted by Crippen LogP contribution is 2.27. The number of nitrogens with zero attached hydrogens (tertiary/aromatic N) is 3. The number of halogens is 2. The molecule has 4 rings (SSSR count). The van der Waals surface area contributed by atoms with Crippen molar-refractivity contribution in [2.75, 3.05) is 10.6 Å². The van der Waals surface area contributed by atoms with E-state index in [4.69, 9.17) is 12.2 Å². The van der Waals surface area contributed by atoms with Crippen LogP contribution in [0.15, 0.2) is 53.4 Å². The number of rotatable bonds is 5. The summed E-state index contributed by atoms with van der Waals surface area (Å²) in [5, 5.41) is 15.4. The highest BCUT2D eigenvalue weighted by Gasteiger charge is 2.16. The third kappa shape index (κ3) is 5.14. The van der Waals surface area contributed by atoms with Gasteiger partial charge in [0, 0.05) is 34.8 Å². The summed E-state index contributed by atoms with van der Waals surface area (Å²) in [7, 11) is 0. The number of thioether (sulfide) groups is 1. The van der Waals surface area contributed by atoms with E-state index in [0.29, 0.717) is 21.8 Å². The van der Waals surface area contributed by atoms with E-state index in [0.717, 1.165) is 54.4 Å². The minimum absolute atomic E-state index is 0.418. The lowest BCUT2D eigenvalue weighted by atomic mass is 10.2. The van der Waals surface area contributed by atoms with Crippen LogP contribution < -0.4 is 10.6 Å². The third-order valence-electron chi connectivity index (χ3n) is 4.83. The van der Waals surface area contributed by atoms with E-state index in [9.17, 15) is 8.78 Å². The van der Waals surface area contributed by atoms with Crippen molar-refractivity contribution in [3.63, 3.8) is 0 Å². The van der Waals surface area contributed by atoms with Crippen LogP contribution >= 0.6 is 24.0 Å². The second-order valence-electron chi connectivity index (χ2n) is 6.96. The van der Waals surface area contributed by atoms with Gasteiger partial charge in [-0.3, -0.25) is 0 Å². The van der Waals surface area contributed by atoms with Gasteiger partial charge >= 0.3 is 0 Å². The predicted molar refractivity (Wildman–Crippen MR) is 121 cm³/mol. The average molecular weight is 446 g/mol. The van der Waals surface area contributed by atoms with Crippen molar-refractivity contribution >= 4 is 40.5 Å². The number of fused-ring (bicyclic) bond motifs is 1. The Bertz CT molecular complexity index is 1020. The molecule has 0 spiro atoms. The molecule has 2 N–H and O–H groups in total. The molecule has 2 heterocycles. The molecule has 0 atom stereocenters. The van der Waals surface area contributed by atoms with Crippen LogP contribution in [-0.2, 0) is 13.0 Å². The smallest absolute Gasteiger partial charge is 0.288 e. The van der Waals surface area contributed by atoms with Crippen molar-refractivity contribution in [3.05, 3.63) is 54.4 Å². The number of thiocarbonyl (C=S) groups is 1. The molecule has 0 aliphatic carbocycles. The fraction of sp³-hybridized carbons (Fsp3) is 0.286. The molecule has 0 radical (unpaired) electrons. The lowest BCUT2D eigenvalue weighted by molar-refractivity contribution is 0.252. The van der Waals surface area contributed by atoms with Crippen molar-refractivity contribution in [1.82, 2.24) is 14.8 Å². The van der Waals surface area contributed by atoms with Gasteiger partial charge in [0.2, 0.25) is 0 Å². The van der Waals surface area contributed by atoms with Crippen molar-refractivity contribution in [2.45, 2.75) is 42.9 Å². The van der Waals surface area contributed by atoms with Crippen LogP contribution in [0.2, 0.25) is 0 Å². The molecule has 0 fully saturated rings. The zero-order chi connectivity index (χ0) is 20.9. The summed E-state index contributed by atoms with van der Waals surface area (Å²) in [4.78, 5) is 0.509. The van der Waals surface area contributed by atoms with Crippen LogP contribution in [0.1, 0.15) is 25.1 Å². The summed E-state index contributed by atoms with van der Waals surface area (Å²) in [5.74, 6) is -0.507. The first-order valence-electron chi connectivity index (χ1n) is 9.74. The summed E-state index contributed by atoms with van der Waals surface area (Å²) in [6, 6.07) is 14.6. The highest BCUT2D eigenvalue weighted by atomic mass is 32.2. The standard InChI is InChI=1S/C21H21F2N5S2/c22-20(23)30-17-10-8-15(9-11-17)24-21(29)25-16-6-4-5-14(13-16)19-27-26-18-7-2-1-3-12-28(18)19/h4-6,8-11,13,20H,1-3,7,12H2,(H2,24,25,29). The molecule has 0 unspecified atom stereocenters. The van der Waals surface area contributed by atoms with Crippen molar-refractivity contribution in [1.29, 1.82) is 0 Å². The molecule has 0 saturated carbocycles. The topological polar surface area (TPSA) is 54.8 Å². The van der Waals surface area contributed by atoms with E-state index in [2.05, 4.69) is 25.4 Å². The predicted octanol–water partition coefficient (Wildman–Crippen LogP) is 5.80. The Hall–Kier alpha value is -2.52. The number of nitrogens with one attached hydrogen (secondary N) is 2. The molecule has 156 valence electrons. The first kappa shape index (κ1) is 20.7. The quantitative estimate of drug-likeness (QED) is 0.383. The minimum Gasteiger partial charge on any atom is -0.332 e. The fourth-order valence-corrected chi connectivity index (χ4v) is 4.18. The summed E-state index contributed by atoms with van der Waals surface area (Å²) >= 11 is 5.92. The summed E-state index contributed by atoms with van der Waals surface area (Å²) in [5.41, 5.74) is 2.54. The van der Waals surface area contributed by atoms with Gasteiger partial charge in [-0.1, -0.05) is 30.3 Å². The van der Waals surface area contributed by atoms with Crippen LogP contribution in [0.25, 0.3) is 11.4 Å². The molecule has 3 aromatic rings. The van der Waals surface area contributed by atoms with Gasteiger partial charge in [-0.05, 0) is 61.5 Å². The second-order valence-corrected chi connectivity index (χ2v) is 8.44. The molecule has 2 aromatic carbocycles. The van der Waals surface area contributed by atoms with Crippen LogP contribution in [-0.4, -0.2) is 25.6 Å². The van der Waals surface area contributed by atoms with Gasteiger partial charge in [-0.15, -0.1) is 10.2 Å². The Labute approximate surface area is 183 Å². The van der Waals surface area contributed by atoms with Gasteiger partial charge in [0.15, 0.2) is 10.9 Å². The fourth-order valence-electron chi connectivity index (χ4n) is 3.45. The molecule has 5 nitrogen and oxygen atoms in total. The van der Waals surface area contributed by atoms with Gasteiger partial charge in [0.1, 0.15) is 5.82 Å². The zero-order valence-corrected chi connectivity index (χ0v) is 17.8. The highest BCUT2D eigenvalue weighted by molar-refractivity contribution is 7.99. The van der Waals surface area contributed by atoms with Crippen LogP contribution in [0.3, 0.4) is 0 Å². The van der Waals surface area contributed by atoms with E-state index in [1.165, 1.54) is 6.42 Å². The normalized spacial score (nSPS) is 13.6. The van der Waals surface area contributed by atoms with Crippen molar-refractivity contribution in [3.8, 4) is 11.4 Å². The summed E-state index contributed by atoms with van der Waals surface area (Å²) < 4.78 is 27.1. The maximum Gasteiger partial charge on any atom is 0.288 e. The van der Waals surface area contributed by atoms with E-state index in [1.807, 2.05) is 24.3 Å². The zero-order valence-electron chi connectivity index (χ0n) is 16.1. The third-order valence-corrected chi connectivity index (χ3v) is 5.75. The number of alkyl halides is 2. The SMILES string of the molecule is FC(F)Sc1ccc(NC(=S)Nc2cccc(-c3nnc4n3CCCCC4)c2)cc1. The number of benzene rings is 2. The molecule has 1 aliphatic rings. The molecule has 0 bridgehead atoms. The molecule has 30 heavy (non-hydrogen) atoms. The van der Waals surface area contributed by atoms with E-state index < -0.39 is 5.76 Å². The van der Waals surface area contributed by atoms with Crippen LogP contribution in [0.5, 0.6) is 0 Å². The maximum absolute atomic E-state index is 12.4. The van der Waals surface area contributed by atoms with Gasteiger partial charge in [0.05, 0.1) is 0 Å². The van der Waals surface area contributed by atoms with E-state index in [-0.39, 0.29) is 0 Å². The Kier molecular flexibility index (Phi) is 6.59. The van der Waals surface area contributed by atoms with Crippen LogP contribution in [0, 0.1) is 0 Å². The average Bonchev–Trinajstić information content (AvgIpc) is 2.97. The Morgan fingerprint density at radius 2 is 1.80 bits per heavy atom. The maximum atomic E-state index is 12.4. The number of hydrogen-bond acceptors (Lipinski definition) is 4. The number of aromatic nitrogens is 3. The Balaban J connectivity index is 1.43. The van der Waals surface area contributed by atoms with Crippen LogP contribution in [0.4, 0.5) is 20.2 Å². The molecule has 9 heteroatoms. The number of anilines is 2.